The van der Waals surface area contributed by atoms with E-state index in [2.05, 4.69) is 4.72 Å². The Morgan fingerprint density at radius 1 is 1.33 bits per heavy atom. The summed E-state index contributed by atoms with van der Waals surface area (Å²) in [5.41, 5.74) is 0.871. The van der Waals surface area contributed by atoms with E-state index in [4.69, 9.17) is 9.47 Å². The van der Waals surface area contributed by atoms with Crippen molar-refractivity contribution in [3.8, 4) is 5.75 Å². The van der Waals surface area contributed by atoms with Gasteiger partial charge in [-0.3, -0.25) is 0 Å². The molecule has 0 spiro atoms. The SMILES string of the molecule is CCS(=O)(=O)NCC(OC)c1cccc(OC)c1. The van der Waals surface area contributed by atoms with E-state index in [0.717, 1.165) is 5.56 Å². The Morgan fingerprint density at radius 2 is 2.06 bits per heavy atom. The fourth-order valence-corrected chi connectivity index (χ4v) is 2.09. The van der Waals surface area contributed by atoms with E-state index < -0.39 is 10.0 Å². The molecule has 0 aliphatic carbocycles. The predicted molar refractivity (Wildman–Crippen MR) is 70.2 cm³/mol. The van der Waals surface area contributed by atoms with Crippen molar-refractivity contribution >= 4 is 10.0 Å². The van der Waals surface area contributed by atoms with Gasteiger partial charge >= 0.3 is 0 Å². The fraction of sp³-hybridized carbons (Fsp3) is 0.500. The van der Waals surface area contributed by atoms with E-state index in [9.17, 15) is 8.42 Å². The van der Waals surface area contributed by atoms with Gasteiger partial charge in [0.15, 0.2) is 0 Å². The zero-order valence-electron chi connectivity index (χ0n) is 10.8. The molecular weight excluding hydrogens is 254 g/mol. The van der Waals surface area contributed by atoms with Crippen molar-refractivity contribution in [3.05, 3.63) is 29.8 Å². The molecule has 1 aromatic rings. The van der Waals surface area contributed by atoms with Gasteiger partial charge in [0.1, 0.15) is 5.75 Å². The van der Waals surface area contributed by atoms with Gasteiger partial charge in [-0.25, -0.2) is 13.1 Å². The van der Waals surface area contributed by atoms with Crippen LogP contribution in [0.1, 0.15) is 18.6 Å². The molecule has 102 valence electrons. The molecule has 1 aromatic carbocycles. The number of methoxy groups -OCH3 is 2. The van der Waals surface area contributed by atoms with E-state index in [1.54, 1.807) is 21.1 Å². The molecule has 0 amide bonds. The molecule has 0 aliphatic rings. The molecule has 0 bridgehead atoms. The highest BCUT2D eigenvalue weighted by molar-refractivity contribution is 7.89. The van der Waals surface area contributed by atoms with E-state index in [1.807, 2.05) is 24.3 Å². The normalized spacial score (nSPS) is 13.3. The third-order valence-corrected chi connectivity index (χ3v) is 3.99. The summed E-state index contributed by atoms with van der Waals surface area (Å²) in [5, 5.41) is 0. The first kappa shape index (κ1) is 14.9. The first-order valence-electron chi connectivity index (χ1n) is 5.66. The molecule has 0 aromatic heterocycles. The second kappa shape index (κ2) is 6.72. The average Bonchev–Trinajstić information content (AvgIpc) is 2.39. The van der Waals surface area contributed by atoms with Crippen molar-refractivity contribution in [2.45, 2.75) is 13.0 Å². The molecule has 1 N–H and O–H groups in total. The number of benzene rings is 1. The lowest BCUT2D eigenvalue weighted by atomic mass is 10.1. The minimum Gasteiger partial charge on any atom is -0.497 e. The minimum atomic E-state index is -3.21. The van der Waals surface area contributed by atoms with Crippen LogP contribution in [-0.2, 0) is 14.8 Å². The lowest BCUT2D eigenvalue weighted by molar-refractivity contribution is 0.107. The van der Waals surface area contributed by atoms with Crippen LogP contribution in [0.4, 0.5) is 0 Å². The Balaban J connectivity index is 2.77. The molecule has 6 heteroatoms. The first-order chi connectivity index (χ1) is 8.52. The second-order valence-corrected chi connectivity index (χ2v) is 5.85. The third-order valence-electron chi connectivity index (χ3n) is 2.62. The van der Waals surface area contributed by atoms with Crippen LogP contribution in [0, 0.1) is 0 Å². The van der Waals surface area contributed by atoms with Crippen LogP contribution in [-0.4, -0.2) is 34.9 Å². The molecule has 0 radical (unpaired) electrons. The highest BCUT2D eigenvalue weighted by Gasteiger charge is 2.14. The van der Waals surface area contributed by atoms with Crippen LogP contribution in [0.2, 0.25) is 0 Å². The number of ether oxygens (including phenoxy) is 2. The topological polar surface area (TPSA) is 64.6 Å². The number of hydrogen-bond donors (Lipinski definition) is 1. The predicted octanol–water partition coefficient (Wildman–Crippen LogP) is 1.32. The summed E-state index contributed by atoms with van der Waals surface area (Å²) in [4.78, 5) is 0. The van der Waals surface area contributed by atoms with E-state index in [1.165, 1.54) is 0 Å². The van der Waals surface area contributed by atoms with Crippen molar-refractivity contribution in [1.82, 2.24) is 4.72 Å². The highest BCUT2D eigenvalue weighted by Crippen LogP contribution is 2.21. The van der Waals surface area contributed by atoms with Gasteiger partial charge in [-0.05, 0) is 24.6 Å². The molecule has 1 atom stereocenters. The molecule has 5 nitrogen and oxygen atoms in total. The third kappa shape index (κ3) is 4.29. The number of sulfonamides is 1. The summed E-state index contributed by atoms with van der Waals surface area (Å²) in [6.07, 6.45) is -0.332. The maximum Gasteiger partial charge on any atom is 0.211 e. The first-order valence-corrected chi connectivity index (χ1v) is 7.31. The van der Waals surface area contributed by atoms with Gasteiger partial charge in [0, 0.05) is 13.7 Å². The summed E-state index contributed by atoms with van der Waals surface area (Å²) in [7, 11) is -0.0795. The zero-order valence-corrected chi connectivity index (χ0v) is 11.7. The quantitative estimate of drug-likeness (QED) is 0.814. The van der Waals surface area contributed by atoms with Gasteiger partial charge in [-0.2, -0.15) is 0 Å². The summed E-state index contributed by atoms with van der Waals surface area (Å²) in [6.45, 7) is 1.80. The average molecular weight is 273 g/mol. The van der Waals surface area contributed by atoms with Crippen molar-refractivity contribution in [2.24, 2.45) is 0 Å². The van der Waals surface area contributed by atoms with Crippen molar-refractivity contribution in [3.63, 3.8) is 0 Å². The Bertz CT molecular complexity index is 473. The molecule has 18 heavy (non-hydrogen) atoms. The maximum atomic E-state index is 11.4. The second-order valence-electron chi connectivity index (χ2n) is 3.75. The molecule has 1 unspecified atom stereocenters. The van der Waals surface area contributed by atoms with Crippen LogP contribution in [0.25, 0.3) is 0 Å². The molecule has 0 saturated heterocycles. The Hall–Kier alpha value is -1.11. The molecule has 0 aliphatic heterocycles. The number of hydrogen-bond acceptors (Lipinski definition) is 4. The number of nitrogens with one attached hydrogen (secondary N) is 1. The minimum absolute atomic E-state index is 0.0571. The monoisotopic (exact) mass is 273 g/mol. The smallest absolute Gasteiger partial charge is 0.211 e. The Kier molecular flexibility index (Phi) is 5.58. The van der Waals surface area contributed by atoms with Gasteiger partial charge in [0.2, 0.25) is 10.0 Å². The molecule has 0 fully saturated rings. The molecule has 0 saturated carbocycles. The van der Waals surface area contributed by atoms with Gasteiger partial charge in [0.25, 0.3) is 0 Å². The van der Waals surface area contributed by atoms with Gasteiger partial charge < -0.3 is 9.47 Å². The van der Waals surface area contributed by atoms with Crippen LogP contribution >= 0.6 is 0 Å². The van der Waals surface area contributed by atoms with Gasteiger partial charge in [-0.15, -0.1) is 0 Å². The zero-order chi connectivity index (χ0) is 13.6. The summed E-state index contributed by atoms with van der Waals surface area (Å²) in [6, 6.07) is 7.37. The number of rotatable bonds is 7. The van der Waals surface area contributed by atoms with Gasteiger partial charge in [-0.1, -0.05) is 12.1 Å². The summed E-state index contributed by atoms with van der Waals surface area (Å²) < 4.78 is 35.7. The van der Waals surface area contributed by atoms with Crippen LogP contribution in [0.5, 0.6) is 5.75 Å². The highest BCUT2D eigenvalue weighted by atomic mass is 32.2. The van der Waals surface area contributed by atoms with Gasteiger partial charge in [0.05, 0.1) is 19.0 Å². The largest absolute Gasteiger partial charge is 0.497 e. The summed E-state index contributed by atoms with van der Waals surface area (Å²) in [5.74, 6) is 0.773. The summed E-state index contributed by atoms with van der Waals surface area (Å²) >= 11 is 0. The van der Waals surface area contributed by atoms with Crippen molar-refractivity contribution in [2.75, 3.05) is 26.5 Å². The molecular formula is C12H19NO4S. The lowest BCUT2D eigenvalue weighted by Crippen LogP contribution is -2.30. The Morgan fingerprint density at radius 3 is 2.61 bits per heavy atom. The van der Waals surface area contributed by atoms with Crippen LogP contribution in [0.15, 0.2) is 24.3 Å². The van der Waals surface area contributed by atoms with E-state index >= 15 is 0 Å². The lowest BCUT2D eigenvalue weighted by Gasteiger charge is -2.17. The fourth-order valence-electron chi connectivity index (χ4n) is 1.48. The van der Waals surface area contributed by atoms with E-state index in [-0.39, 0.29) is 18.4 Å². The Labute approximate surface area is 108 Å². The molecule has 0 heterocycles. The van der Waals surface area contributed by atoms with Crippen LogP contribution < -0.4 is 9.46 Å². The maximum absolute atomic E-state index is 11.4. The standard InChI is InChI=1S/C12H19NO4S/c1-4-18(14,15)13-9-12(17-3)10-6-5-7-11(8-10)16-2/h5-8,12-13H,4,9H2,1-3H3. The van der Waals surface area contributed by atoms with Crippen LogP contribution in [0.3, 0.4) is 0 Å². The van der Waals surface area contributed by atoms with Crippen molar-refractivity contribution in [1.29, 1.82) is 0 Å². The van der Waals surface area contributed by atoms with E-state index in [0.29, 0.717) is 5.75 Å². The van der Waals surface area contributed by atoms with Crippen molar-refractivity contribution < 1.29 is 17.9 Å². The molecule has 1 rings (SSSR count).